The predicted octanol–water partition coefficient (Wildman–Crippen LogP) is 2.80. The molecular weight excluding hydrogens is 262 g/mol. The highest BCUT2D eigenvalue weighted by atomic mass is 35.5. The number of halogens is 1. The van der Waals surface area contributed by atoms with Crippen LogP contribution in [-0.2, 0) is 7.05 Å². The Balaban J connectivity index is 1.74. The zero-order valence-corrected chi connectivity index (χ0v) is 11.9. The van der Waals surface area contributed by atoms with Crippen LogP contribution in [0.2, 0.25) is 5.02 Å². The third-order valence-electron chi connectivity index (χ3n) is 2.87. The Labute approximate surface area is 118 Å². The van der Waals surface area contributed by atoms with E-state index in [9.17, 15) is 0 Å². The fraction of sp³-hybridized carbons (Fsp3) is 0.357. The Hall–Kier alpha value is -1.52. The first-order valence-electron chi connectivity index (χ1n) is 6.26. The van der Waals surface area contributed by atoms with Crippen molar-refractivity contribution in [3.05, 3.63) is 47.2 Å². The van der Waals surface area contributed by atoms with Crippen LogP contribution in [0, 0.1) is 0 Å². The summed E-state index contributed by atoms with van der Waals surface area (Å²) in [6.45, 7) is 3.43. The van der Waals surface area contributed by atoms with Gasteiger partial charge in [-0.25, -0.2) is 0 Å². The molecule has 1 atom stereocenters. The number of para-hydroxylation sites is 1. The van der Waals surface area contributed by atoms with Gasteiger partial charge in [-0.1, -0.05) is 23.7 Å². The monoisotopic (exact) mass is 279 g/mol. The van der Waals surface area contributed by atoms with Crippen molar-refractivity contribution >= 4 is 11.6 Å². The van der Waals surface area contributed by atoms with Crippen LogP contribution in [0.3, 0.4) is 0 Å². The lowest BCUT2D eigenvalue weighted by molar-refractivity contribution is 0.308. The molecule has 0 amide bonds. The van der Waals surface area contributed by atoms with Gasteiger partial charge in [0.15, 0.2) is 0 Å². The molecule has 0 aliphatic rings. The summed E-state index contributed by atoms with van der Waals surface area (Å²) in [4.78, 5) is 0. The van der Waals surface area contributed by atoms with Crippen molar-refractivity contribution in [3.8, 4) is 5.75 Å². The molecule has 102 valence electrons. The molecule has 0 bridgehead atoms. The van der Waals surface area contributed by atoms with Crippen LogP contribution in [-0.4, -0.2) is 22.9 Å². The lowest BCUT2D eigenvalue weighted by atomic mass is 10.2. The van der Waals surface area contributed by atoms with E-state index in [0.717, 1.165) is 12.3 Å². The number of aromatic nitrogens is 2. The minimum absolute atomic E-state index is 0.253. The molecule has 1 aromatic carbocycles. The lowest BCUT2D eigenvalue weighted by Crippen LogP contribution is -2.24. The van der Waals surface area contributed by atoms with Crippen molar-refractivity contribution in [1.82, 2.24) is 15.1 Å². The molecule has 0 unspecified atom stereocenters. The molecule has 5 heteroatoms. The summed E-state index contributed by atoms with van der Waals surface area (Å²) in [5, 5.41) is 8.18. The van der Waals surface area contributed by atoms with Crippen LogP contribution < -0.4 is 10.1 Å². The summed E-state index contributed by atoms with van der Waals surface area (Å²) in [5.41, 5.74) is 1.17. The van der Waals surface area contributed by atoms with Gasteiger partial charge in [-0.2, -0.15) is 5.10 Å². The fourth-order valence-corrected chi connectivity index (χ4v) is 1.97. The highest BCUT2D eigenvalue weighted by molar-refractivity contribution is 6.32. The van der Waals surface area contributed by atoms with Gasteiger partial charge in [-0.15, -0.1) is 0 Å². The van der Waals surface area contributed by atoms with Crippen molar-refractivity contribution in [2.24, 2.45) is 7.05 Å². The van der Waals surface area contributed by atoms with Crippen molar-refractivity contribution in [3.63, 3.8) is 0 Å². The predicted molar refractivity (Wildman–Crippen MR) is 76.6 cm³/mol. The van der Waals surface area contributed by atoms with Gasteiger partial charge in [0.25, 0.3) is 0 Å². The normalized spacial score (nSPS) is 12.4. The molecule has 0 aliphatic carbocycles. The van der Waals surface area contributed by atoms with Crippen LogP contribution in [0.15, 0.2) is 36.7 Å². The number of hydrogen-bond donors (Lipinski definition) is 1. The first-order valence-corrected chi connectivity index (χ1v) is 6.64. The largest absolute Gasteiger partial charge is 0.491 e. The minimum atomic E-state index is 0.253. The van der Waals surface area contributed by atoms with Gasteiger partial charge in [-0.05, 0) is 19.1 Å². The van der Waals surface area contributed by atoms with E-state index in [-0.39, 0.29) is 6.04 Å². The highest BCUT2D eigenvalue weighted by Gasteiger charge is 2.06. The van der Waals surface area contributed by atoms with E-state index in [1.165, 1.54) is 5.56 Å². The molecular formula is C14H18ClN3O. The summed E-state index contributed by atoms with van der Waals surface area (Å²) >= 11 is 6.01. The molecule has 0 radical (unpaired) electrons. The van der Waals surface area contributed by atoms with Gasteiger partial charge in [0.05, 0.1) is 11.2 Å². The zero-order valence-electron chi connectivity index (χ0n) is 11.1. The average molecular weight is 280 g/mol. The summed E-state index contributed by atoms with van der Waals surface area (Å²) in [6.07, 6.45) is 3.87. The molecule has 0 saturated carbocycles. The van der Waals surface area contributed by atoms with Crippen LogP contribution in [0.25, 0.3) is 0 Å². The number of nitrogens with zero attached hydrogens (tertiary/aromatic N) is 2. The number of nitrogens with one attached hydrogen (secondary N) is 1. The van der Waals surface area contributed by atoms with Crippen LogP contribution >= 0.6 is 11.6 Å². The number of hydrogen-bond acceptors (Lipinski definition) is 3. The van der Waals surface area contributed by atoms with Crippen molar-refractivity contribution in [2.75, 3.05) is 13.2 Å². The number of ether oxygens (including phenoxy) is 1. The SMILES string of the molecule is C[C@H](NCCOc1ccccc1Cl)c1cnn(C)c1. The Kier molecular flexibility index (Phi) is 4.82. The molecule has 19 heavy (non-hydrogen) atoms. The van der Waals surface area contributed by atoms with Gasteiger partial charge in [0.2, 0.25) is 0 Å². The van der Waals surface area contributed by atoms with E-state index < -0.39 is 0 Å². The topological polar surface area (TPSA) is 39.1 Å². The zero-order chi connectivity index (χ0) is 13.7. The van der Waals surface area contributed by atoms with Crippen molar-refractivity contribution in [2.45, 2.75) is 13.0 Å². The maximum atomic E-state index is 6.01. The Morgan fingerprint density at radius 3 is 2.89 bits per heavy atom. The van der Waals surface area contributed by atoms with Crippen molar-refractivity contribution < 1.29 is 4.74 Å². The second kappa shape index (κ2) is 6.59. The third kappa shape index (κ3) is 3.98. The fourth-order valence-electron chi connectivity index (χ4n) is 1.78. The highest BCUT2D eigenvalue weighted by Crippen LogP contribution is 2.22. The van der Waals surface area contributed by atoms with Gasteiger partial charge >= 0.3 is 0 Å². The van der Waals surface area contributed by atoms with E-state index in [0.29, 0.717) is 11.6 Å². The van der Waals surface area contributed by atoms with Gasteiger partial charge < -0.3 is 10.1 Å². The van der Waals surface area contributed by atoms with Gasteiger partial charge in [0.1, 0.15) is 12.4 Å². The van der Waals surface area contributed by atoms with Crippen LogP contribution in [0.1, 0.15) is 18.5 Å². The van der Waals surface area contributed by atoms with Gasteiger partial charge in [-0.3, -0.25) is 4.68 Å². The maximum absolute atomic E-state index is 6.01. The Bertz CT molecular complexity index is 527. The summed E-state index contributed by atoms with van der Waals surface area (Å²) in [7, 11) is 1.91. The molecule has 2 rings (SSSR count). The number of benzene rings is 1. The first kappa shape index (κ1) is 13.9. The second-order valence-corrected chi connectivity index (χ2v) is 4.81. The molecule has 2 aromatic rings. The Morgan fingerprint density at radius 1 is 1.42 bits per heavy atom. The van der Waals surface area contributed by atoms with E-state index in [1.54, 1.807) is 4.68 Å². The number of rotatable bonds is 6. The van der Waals surface area contributed by atoms with Crippen LogP contribution in [0.4, 0.5) is 0 Å². The summed E-state index contributed by atoms with van der Waals surface area (Å²) < 4.78 is 7.41. The molecule has 0 saturated heterocycles. The number of aryl methyl sites for hydroxylation is 1. The lowest BCUT2D eigenvalue weighted by Gasteiger charge is -2.13. The molecule has 0 spiro atoms. The standard InChI is InChI=1S/C14H18ClN3O/c1-11(12-9-17-18(2)10-12)16-7-8-19-14-6-4-3-5-13(14)15/h3-6,9-11,16H,7-8H2,1-2H3/t11-/m0/s1. The maximum Gasteiger partial charge on any atom is 0.137 e. The van der Waals surface area contributed by atoms with Crippen molar-refractivity contribution in [1.29, 1.82) is 0 Å². The summed E-state index contributed by atoms with van der Waals surface area (Å²) in [6, 6.07) is 7.74. The second-order valence-electron chi connectivity index (χ2n) is 4.40. The summed E-state index contributed by atoms with van der Waals surface area (Å²) in [5.74, 6) is 0.722. The third-order valence-corrected chi connectivity index (χ3v) is 3.18. The van der Waals surface area contributed by atoms with Gasteiger partial charge in [0, 0.05) is 31.4 Å². The first-order chi connectivity index (χ1) is 9.16. The molecule has 0 fully saturated rings. The van der Waals surface area contributed by atoms with E-state index in [1.807, 2.05) is 43.7 Å². The average Bonchev–Trinajstić information content (AvgIpc) is 2.83. The minimum Gasteiger partial charge on any atom is -0.491 e. The quantitative estimate of drug-likeness (QED) is 0.827. The molecule has 1 heterocycles. The smallest absolute Gasteiger partial charge is 0.137 e. The molecule has 1 N–H and O–H groups in total. The molecule has 1 aromatic heterocycles. The van der Waals surface area contributed by atoms with Crippen LogP contribution in [0.5, 0.6) is 5.75 Å². The molecule has 4 nitrogen and oxygen atoms in total. The van der Waals surface area contributed by atoms with E-state index >= 15 is 0 Å². The molecule has 0 aliphatic heterocycles. The Morgan fingerprint density at radius 2 is 2.21 bits per heavy atom. The van der Waals surface area contributed by atoms with E-state index in [2.05, 4.69) is 17.3 Å². The van der Waals surface area contributed by atoms with E-state index in [4.69, 9.17) is 16.3 Å².